The molecule has 0 spiro atoms. The Morgan fingerprint density at radius 3 is 2.15 bits per heavy atom. The van der Waals surface area contributed by atoms with Crippen LogP contribution in [0.25, 0.3) is 0 Å². The Labute approximate surface area is 75.8 Å². The van der Waals surface area contributed by atoms with Gasteiger partial charge in [-0.25, -0.2) is 4.99 Å². The summed E-state index contributed by atoms with van der Waals surface area (Å²) in [5.41, 5.74) is 0. The van der Waals surface area contributed by atoms with Crippen LogP contribution in [-0.2, 0) is 9.68 Å². The smallest absolute Gasteiger partial charge is 0.262 e. The van der Waals surface area contributed by atoms with Crippen LogP contribution in [0.15, 0.2) is 17.4 Å². The van der Waals surface area contributed by atoms with E-state index >= 15 is 0 Å². The van der Waals surface area contributed by atoms with Gasteiger partial charge in [-0.2, -0.15) is 9.68 Å². The summed E-state index contributed by atoms with van der Waals surface area (Å²) >= 11 is 0. The zero-order valence-electron chi connectivity index (χ0n) is 7.17. The third-order valence-electron chi connectivity index (χ3n) is 1.36. The minimum Gasteiger partial charge on any atom is -0.394 e. The highest BCUT2D eigenvalue weighted by Crippen LogP contribution is 2.12. The molecule has 2 N–H and O–H groups in total. The molecule has 1 aliphatic heterocycles. The van der Waals surface area contributed by atoms with Gasteiger partial charge in [-0.1, -0.05) is 0 Å². The van der Waals surface area contributed by atoms with Crippen LogP contribution < -0.4 is 0 Å². The molecule has 13 heavy (non-hydrogen) atoms. The third-order valence-corrected chi connectivity index (χ3v) is 1.36. The Morgan fingerprint density at radius 2 is 1.77 bits per heavy atom. The first-order valence-corrected chi connectivity index (χ1v) is 3.94. The van der Waals surface area contributed by atoms with Crippen LogP contribution in [0.4, 0.5) is 0 Å². The molecule has 0 radical (unpaired) electrons. The van der Waals surface area contributed by atoms with E-state index < -0.39 is 0 Å². The van der Waals surface area contributed by atoms with Gasteiger partial charge >= 0.3 is 0 Å². The quantitative estimate of drug-likeness (QED) is 0.535. The van der Waals surface area contributed by atoms with Gasteiger partial charge in [0.15, 0.2) is 6.20 Å². The first-order chi connectivity index (χ1) is 6.33. The number of nitrogens with zero attached hydrogens (tertiary/aromatic N) is 2. The standard InChI is InChI=1S/C7H13N2O4/c10-3-5-12-9(13-6-4-11)2-1-8-7-9/h1-2,7,10-11H,3-6H2/q+1. The topological polar surface area (TPSA) is 71.3 Å². The van der Waals surface area contributed by atoms with Gasteiger partial charge in [0.2, 0.25) is 0 Å². The molecule has 0 fully saturated rings. The first kappa shape index (κ1) is 10.3. The Kier molecular flexibility index (Phi) is 4.00. The lowest BCUT2D eigenvalue weighted by atomic mass is 10.8. The molecular weight excluding hydrogens is 176 g/mol. The van der Waals surface area contributed by atoms with Gasteiger partial charge in [0.25, 0.3) is 6.34 Å². The highest BCUT2D eigenvalue weighted by atomic mass is 17.0. The van der Waals surface area contributed by atoms with Crippen molar-refractivity contribution < 1.29 is 24.7 Å². The highest BCUT2D eigenvalue weighted by Gasteiger charge is 2.30. The van der Waals surface area contributed by atoms with Crippen molar-refractivity contribution in [1.29, 1.82) is 0 Å². The molecule has 0 unspecified atom stereocenters. The van der Waals surface area contributed by atoms with Gasteiger partial charge in [-0.15, -0.1) is 0 Å². The van der Waals surface area contributed by atoms with Crippen LogP contribution in [0.5, 0.6) is 0 Å². The molecule has 0 aromatic heterocycles. The lowest BCUT2D eigenvalue weighted by Gasteiger charge is -2.20. The molecule has 0 aromatic rings. The van der Waals surface area contributed by atoms with E-state index in [9.17, 15) is 0 Å². The SMILES string of the molecule is OCCO[N+]1(OCCO)C=CN=C1. The molecule has 0 aromatic carbocycles. The van der Waals surface area contributed by atoms with Crippen LogP contribution in [0.2, 0.25) is 0 Å². The van der Waals surface area contributed by atoms with Crippen LogP contribution in [0, 0.1) is 0 Å². The lowest BCUT2D eigenvalue weighted by molar-refractivity contribution is -1.15. The molecule has 6 nitrogen and oxygen atoms in total. The molecule has 0 saturated carbocycles. The second kappa shape index (κ2) is 5.05. The minimum absolute atomic E-state index is 0.0931. The van der Waals surface area contributed by atoms with Gasteiger partial charge in [-0.3, -0.25) is 0 Å². The minimum atomic E-state index is -0.332. The zero-order valence-corrected chi connectivity index (χ0v) is 7.17. The molecule has 0 saturated heterocycles. The summed E-state index contributed by atoms with van der Waals surface area (Å²) in [6, 6.07) is 0. The Hall–Kier alpha value is -0.790. The van der Waals surface area contributed by atoms with E-state index in [0.717, 1.165) is 0 Å². The van der Waals surface area contributed by atoms with Crippen molar-refractivity contribution in [2.45, 2.75) is 0 Å². The average Bonchev–Trinajstić information content (AvgIpc) is 2.61. The normalized spacial score (nSPS) is 18.3. The number of aliphatic imine (C=N–C) groups is 1. The molecule has 6 heteroatoms. The number of hydrogen-bond donors (Lipinski definition) is 2. The van der Waals surface area contributed by atoms with E-state index in [2.05, 4.69) is 4.99 Å². The number of aliphatic hydroxyl groups is 2. The molecular formula is C7H13N2O4+. The summed E-state index contributed by atoms with van der Waals surface area (Å²) in [6.07, 6.45) is 4.51. The fourth-order valence-electron chi connectivity index (χ4n) is 0.858. The maximum atomic E-state index is 8.56. The van der Waals surface area contributed by atoms with Crippen molar-refractivity contribution in [1.82, 2.24) is 0 Å². The van der Waals surface area contributed by atoms with Gasteiger partial charge in [0.1, 0.15) is 13.2 Å². The fraction of sp³-hybridized carbons (Fsp3) is 0.571. The van der Waals surface area contributed by atoms with Gasteiger partial charge < -0.3 is 10.2 Å². The van der Waals surface area contributed by atoms with Gasteiger partial charge in [0, 0.05) is 4.81 Å². The van der Waals surface area contributed by atoms with E-state index in [4.69, 9.17) is 19.9 Å². The number of quaternary nitrogens is 1. The number of hydroxylamine groups is 4. The van der Waals surface area contributed by atoms with Crippen LogP contribution in [0.1, 0.15) is 0 Å². The maximum absolute atomic E-state index is 8.56. The monoisotopic (exact) mass is 189 g/mol. The molecule has 0 aliphatic carbocycles. The maximum Gasteiger partial charge on any atom is 0.262 e. The molecule has 0 amide bonds. The van der Waals surface area contributed by atoms with E-state index in [1.54, 1.807) is 6.20 Å². The summed E-state index contributed by atoms with van der Waals surface area (Å²) in [4.78, 5) is 13.8. The average molecular weight is 189 g/mol. The fourth-order valence-corrected chi connectivity index (χ4v) is 0.858. The Morgan fingerprint density at radius 1 is 1.15 bits per heavy atom. The molecule has 1 rings (SSSR count). The van der Waals surface area contributed by atoms with Crippen molar-refractivity contribution in [2.24, 2.45) is 4.99 Å². The second-order valence-electron chi connectivity index (χ2n) is 2.32. The first-order valence-electron chi connectivity index (χ1n) is 3.94. The predicted molar refractivity (Wildman–Crippen MR) is 44.0 cm³/mol. The lowest BCUT2D eigenvalue weighted by Crippen LogP contribution is -2.41. The van der Waals surface area contributed by atoms with E-state index in [1.807, 2.05) is 0 Å². The highest BCUT2D eigenvalue weighted by molar-refractivity contribution is 5.48. The number of aliphatic hydroxyl groups excluding tert-OH is 2. The van der Waals surface area contributed by atoms with Gasteiger partial charge in [0.05, 0.1) is 19.4 Å². The molecule has 0 atom stereocenters. The van der Waals surface area contributed by atoms with Crippen molar-refractivity contribution in [3.05, 3.63) is 12.4 Å². The summed E-state index contributed by atoms with van der Waals surface area (Å²) < 4.78 is 0. The molecule has 74 valence electrons. The Bertz CT molecular complexity index is 183. The van der Waals surface area contributed by atoms with E-state index in [1.165, 1.54) is 12.5 Å². The summed E-state index contributed by atoms with van der Waals surface area (Å²) in [6.45, 7) is 0.0951. The van der Waals surface area contributed by atoms with E-state index in [0.29, 0.717) is 0 Å². The zero-order chi connectivity index (χ0) is 9.57. The van der Waals surface area contributed by atoms with Crippen LogP contribution >= 0.6 is 0 Å². The van der Waals surface area contributed by atoms with Crippen molar-refractivity contribution in [3.8, 4) is 0 Å². The molecule has 0 bridgehead atoms. The molecule has 1 heterocycles. The molecule has 1 aliphatic rings. The predicted octanol–water partition coefficient (Wildman–Crippen LogP) is -0.836. The van der Waals surface area contributed by atoms with Crippen LogP contribution in [0.3, 0.4) is 0 Å². The summed E-state index contributed by atoms with van der Waals surface area (Å²) in [5.74, 6) is 0. The number of rotatable bonds is 6. The van der Waals surface area contributed by atoms with Crippen molar-refractivity contribution in [2.75, 3.05) is 26.4 Å². The Balaban J connectivity index is 2.44. The van der Waals surface area contributed by atoms with Crippen molar-refractivity contribution in [3.63, 3.8) is 0 Å². The van der Waals surface area contributed by atoms with Crippen LogP contribution in [-0.4, -0.2) is 47.8 Å². The van der Waals surface area contributed by atoms with Gasteiger partial charge in [-0.05, 0) is 0 Å². The second-order valence-corrected chi connectivity index (χ2v) is 2.32. The largest absolute Gasteiger partial charge is 0.394 e. The summed E-state index contributed by atoms with van der Waals surface area (Å²) in [7, 11) is 0. The number of hydrogen-bond acceptors (Lipinski definition) is 5. The third kappa shape index (κ3) is 2.87. The van der Waals surface area contributed by atoms with Crippen molar-refractivity contribution >= 4 is 6.34 Å². The van der Waals surface area contributed by atoms with E-state index in [-0.39, 0.29) is 31.2 Å². The summed E-state index contributed by atoms with van der Waals surface area (Å²) in [5, 5.41) is 17.1.